The van der Waals surface area contributed by atoms with Gasteiger partial charge in [-0.25, -0.2) is 9.18 Å². The van der Waals surface area contributed by atoms with Crippen LogP contribution in [-0.4, -0.2) is 41.5 Å². The number of rotatable bonds is 4. The standard InChI is InChI=1S/C20H33FN2O2/c1-12-7-13-9-14(8-12)16-15(10-13)23(16)17(21)20(5-6-20)11-22-18(24)25-19(2,3)4/h12-17H,5-11H2,1-4H3,(H,22,24). The second kappa shape index (κ2) is 5.83. The summed E-state index contributed by atoms with van der Waals surface area (Å²) in [5.41, 5.74) is -0.896. The summed E-state index contributed by atoms with van der Waals surface area (Å²) in [6.45, 7) is 8.28. The molecule has 1 aliphatic heterocycles. The Labute approximate surface area is 150 Å². The first-order chi connectivity index (χ1) is 11.7. The van der Waals surface area contributed by atoms with E-state index >= 15 is 4.39 Å². The van der Waals surface area contributed by atoms with Gasteiger partial charge in [-0.15, -0.1) is 0 Å². The lowest BCUT2D eigenvalue weighted by Gasteiger charge is -2.36. The van der Waals surface area contributed by atoms with Gasteiger partial charge in [-0.1, -0.05) is 6.92 Å². The molecule has 0 spiro atoms. The molecule has 0 aromatic carbocycles. The van der Waals surface area contributed by atoms with Crippen LogP contribution in [0.2, 0.25) is 0 Å². The fraction of sp³-hybridized carbons (Fsp3) is 0.950. The minimum absolute atomic E-state index is 0.381. The molecule has 7 unspecified atom stereocenters. The molecule has 3 aliphatic carbocycles. The summed E-state index contributed by atoms with van der Waals surface area (Å²) < 4.78 is 20.7. The predicted molar refractivity (Wildman–Crippen MR) is 94.8 cm³/mol. The number of alkyl halides is 1. The molecule has 25 heavy (non-hydrogen) atoms. The van der Waals surface area contributed by atoms with Crippen molar-refractivity contribution < 1.29 is 13.9 Å². The number of fused-ring (bicyclic) bond motifs is 4. The molecule has 1 N–H and O–H groups in total. The van der Waals surface area contributed by atoms with E-state index in [0.717, 1.165) is 24.7 Å². The highest BCUT2D eigenvalue weighted by molar-refractivity contribution is 5.67. The van der Waals surface area contributed by atoms with Crippen LogP contribution in [0.15, 0.2) is 0 Å². The van der Waals surface area contributed by atoms with Crippen LogP contribution in [0.1, 0.15) is 66.2 Å². The van der Waals surface area contributed by atoms with E-state index in [4.69, 9.17) is 4.74 Å². The number of ether oxygens (including phenoxy) is 1. The van der Waals surface area contributed by atoms with Crippen LogP contribution in [0.3, 0.4) is 0 Å². The Morgan fingerprint density at radius 3 is 2.64 bits per heavy atom. The van der Waals surface area contributed by atoms with Gasteiger partial charge in [-0.05, 0) is 77.0 Å². The third-order valence-electron chi connectivity index (χ3n) is 6.81. The highest BCUT2D eigenvalue weighted by atomic mass is 19.1. The largest absolute Gasteiger partial charge is 0.444 e. The van der Waals surface area contributed by atoms with Crippen LogP contribution in [0, 0.1) is 23.2 Å². The summed E-state index contributed by atoms with van der Waals surface area (Å²) in [7, 11) is 0. The molecule has 4 aliphatic rings. The Morgan fingerprint density at radius 1 is 1.28 bits per heavy atom. The zero-order valence-electron chi connectivity index (χ0n) is 16.1. The van der Waals surface area contributed by atoms with Crippen molar-refractivity contribution in [3.63, 3.8) is 0 Å². The molecule has 2 bridgehead atoms. The first-order valence-corrected chi connectivity index (χ1v) is 10.1. The van der Waals surface area contributed by atoms with Gasteiger partial charge in [-0.2, -0.15) is 0 Å². The summed E-state index contributed by atoms with van der Waals surface area (Å²) >= 11 is 0. The van der Waals surface area contributed by atoms with E-state index in [1.54, 1.807) is 0 Å². The van der Waals surface area contributed by atoms with Gasteiger partial charge in [0.1, 0.15) is 5.60 Å². The highest BCUT2D eigenvalue weighted by Gasteiger charge is 2.65. The number of nitrogens with zero attached hydrogens (tertiary/aromatic N) is 1. The Kier molecular flexibility index (Phi) is 4.10. The van der Waals surface area contributed by atoms with Gasteiger partial charge >= 0.3 is 6.09 Å². The van der Waals surface area contributed by atoms with Crippen molar-refractivity contribution in [1.29, 1.82) is 0 Å². The van der Waals surface area contributed by atoms with E-state index in [1.165, 1.54) is 25.7 Å². The molecular weight excluding hydrogens is 319 g/mol. The molecule has 0 radical (unpaired) electrons. The van der Waals surface area contributed by atoms with E-state index in [9.17, 15) is 4.79 Å². The van der Waals surface area contributed by atoms with Gasteiger partial charge in [-0.3, -0.25) is 4.90 Å². The molecule has 0 aromatic rings. The van der Waals surface area contributed by atoms with Crippen LogP contribution in [-0.2, 0) is 4.74 Å². The van der Waals surface area contributed by atoms with Gasteiger partial charge in [0, 0.05) is 24.0 Å². The number of hydrogen-bond acceptors (Lipinski definition) is 3. The number of halogens is 1. The molecule has 1 saturated heterocycles. The monoisotopic (exact) mass is 352 g/mol. The number of carbonyl (C=O) groups is 1. The van der Waals surface area contributed by atoms with Crippen molar-refractivity contribution in [2.24, 2.45) is 23.2 Å². The van der Waals surface area contributed by atoms with Crippen LogP contribution in [0.4, 0.5) is 9.18 Å². The van der Waals surface area contributed by atoms with Crippen molar-refractivity contribution in [1.82, 2.24) is 10.2 Å². The highest BCUT2D eigenvalue weighted by Crippen LogP contribution is 2.60. The van der Waals surface area contributed by atoms with Crippen molar-refractivity contribution in [3.05, 3.63) is 0 Å². The summed E-state index contributed by atoms with van der Waals surface area (Å²) in [6.07, 6.45) is 5.47. The molecular formula is C20H33FN2O2. The molecule has 4 rings (SSSR count). The maximum absolute atomic E-state index is 15.4. The summed E-state index contributed by atoms with van der Waals surface area (Å²) in [5.74, 6) is 2.30. The third-order valence-corrected chi connectivity index (χ3v) is 6.81. The smallest absolute Gasteiger partial charge is 0.407 e. The number of hydrogen-bond donors (Lipinski definition) is 1. The zero-order valence-corrected chi connectivity index (χ0v) is 16.1. The van der Waals surface area contributed by atoms with E-state index in [1.807, 2.05) is 20.8 Å². The van der Waals surface area contributed by atoms with Gasteiger partial charge in [0.05, 0.1) is 0 Å². The van der Waals surface area contributed by atoms with Crippen molar-refractivity contribution in [2.75, 3.05) is 6.54 Å². The minimum Gasteiger partial charge on any atom is -0.444 e. The lowest BCUT2D eigenvalue weighted by Crippen LogP contribution is -2.41. The average molecular weight is 352 g/mol. The van der Waals surface area contributed by atoms with Crippen molar-refractivity contribution in [2.45, 2.75) is 90.2 Å². The molecule has 1 heterocycles. The van der Waals surface area contributed by atoms with Crippen LogP contribution < -0.4 is 5.32 Å². The Hall–Kier alpha value is -0.840. The summed E-state index contributed by atoms with van der Waals surface area (Å²) in [5, 5.41) is 2.81. The lowest BCUT2D eigenvalue weighted by molar-refractivity contribution is 0.0445. The predicted octanol–water partition coefficient (Wildman–Crippen LogP) is 4.10. The van der Waals surface area contributed by atoms with Crippen LogP contribution >= 0.6 is 0 Å². The number of carbonyl (C=O) groups excluding carboxylic acids is 1. The van der Waals surface area contributed by atoms with E-state index in [0.29, 0.717) is 24.5 Å². The molecule has 4 nitrogen and oxygen atoms in total. The van der Waals surface area contributed by atoms with Crippen molar-refractivity contribution >= 4 is 6.09 Å². The van der Waals surface area contributed by atoms with Gasteiger partial charge < -0.3 is 10.1 Å². The molecule has 142 valence electrons. The molecule has 4 fully saturated rings. The van der Waals surface area contributed by atoms with E-state index in [2.05, 4.69) is 17.1 Å². The molecule has 5 heteroatoms. The number of nitrogens with one attached hydrogen (secondary N) is 1. The van der Waals surface area contributed by atoms with Gasteiger partial charge in [0.2, 0.25) is 0 Å². The fourth-order valence-electron chi connectivity index (χ4n) is 5.61. The van der Waals surface area contributed by atoms with E-state index < -0.39 is 18.0 Å². The quantitative estimate of drug-likeness (QED) is 0.612. The Bertz CT molecular complexity index is 540. The summed E-state index contributed by atoms with van der Waals surface area (Å²) in [6, 6.07) is 0.929. The Morgan fingerprint density at radius 2 is 2.00 bits per heavy atom. The maximum atomic E-state index is 15.4. The fourth-order valence-corrected chi connectivity index (χ4v) is 5.61. The minimum atomic E-state index is -0.910. The molecule has 3 saturated carbocycles. The first kappa shape index (κ1) is 17.6. The summed E-state index contributed by atoms with van der Waals surface area (Å²) in [4.78, 5) is 14.1. The van der Waals surface area contributed by atoms with E-state index in [-0.39, 0.29) is 5.41 Å². The van der Waals surface area contributed by atoms with Gasteiger partial charge in [0.25, 0.3) is 0 Å². The topological polar surface area (TPSA) is 41.3 Å². The lowest BCUT2D eigenvalue weighted by atomic mass is 9.69. The number of likely N-dealkylation sites (tertiary alicyclic amines) is 1. The van der Waals surface area contributed by atoms with Crippen LogP contribution in [0.25, 0.3) is 0 Å². The Balaban J connectivity index is 1.34. The number of alkyl carbamates (subject to hydrolysis) is 1. The molecule has 0 aromatic heterocycles. The SMILES string of the molecule is CC1CC2CC(C1)C1C(C2)N1C(F)C1(CNC(=O)OC(C)(C)C)CC1. The number of amides is 1. The normalized spacial score (nSPS) is 42.1. The van der Waals surface area contributed by atoms with Crippen molar-refractivity contribution in [3.8, 4) is 0 Å². The van der Waals surface area contributed by atoms with Crippen LogP contribution in [0.5, 0.6) is 0 Å². The zero-order chi connectivity index (χ0) is 18.0. The maximum Gasteiger partial charge on any atom is 0.407 e. The average Bonchev–Trinajstić information content (AvgIpc) is 3.37. The molecule has 7 atom stereocenters. The third kappa shape index (κ3) is 3.41. The molecule has 1 amide bonds. The second-order valence-corrected chi connectivity index (χ2v) is 10.2. The van der Waals surface area contributed by atoms with Gasteiger partial charge in [0.15, 0.2) is 6.30 Å². The second-order valence-electron chi connectivity index (χ2n) is 10.2. The first-order valence-electron chi connectivity index (χ1n) is 10.1.